The Morgan fingerprint density at radius 1 is 1.20 bits per heavy atom. The molecule has 0 saturated carbocycles. The van der Waals surface area contributed by atoms with E-state index in [0.717, 1.165) is 31.8 Å². The van der Waals surface area contributed by atoms with Crippen molar-refractivity contribution in [2.24, 2.45) is 0 Å². The lowest BCUT2D eigenvalue weighted by molar-refractivity contribution is -0.130. The molecule has 3 nitrogen and oxygen atoms in total. The first-order chi connectivity index (χ1) is 7.27. The fourth-order valence-electron chi connectivity index (χ4n) is 2.46. The molecule has 0 aliphatic carbocycles. The van der Waals surface area contributed by atoms with Gasteiger partial charge in [-0.1, -0.05) is 0 Å². The van der Waals surface area contributed by atoms with Gasteiger partial charge in [0.2, 0.25) is 0 Å². The van der Waals surface area contributed by atoms with Crippen molar-refractivity contribution in [1.29, 1.82) is 0 Å². The molecule has 15 heavy (non-hydrogen) atoms. The molecule has 1 aromatic rings. The van der Waals surface area contributed by atoms with E-state index < -0.39 is 0 Å². The third kappa shape index (κ3) is 1.47. The molecule has 0 aromatic heterocycles. The van der Waals surface area contributed by atoms with E-state index in [1.165, 1.54) is 12.1 Å². The minimum Gasteiger partial charge on any atom is -0.399 e. The van der Waals surface area contributed by atoms with E-state index in [4.69, 9.17) is 10.5 Å². The maximum Gasteiger partial charge on any atom is 0.0895 e. The van der Waals surface area contributed by atoms with Crippen LogP contribution in [0.1, 0.15) is 12.8 Å². The maximum atomic E-state index is 5.69. The van der Waals surface area contributed by atoms with Crippen LogP contribution in [-0.2, 0) is 4.74 Å². The third-order valence-electron chi connectivity index (χ3n) is 3.54. The van der Waals surface area contributed by atoms with Gasteiger partial charge < -0.3 is 15.4 Å². The number of nitrogen functional groups attached to an aromatic ring is 1. The predicted molar refractivity (Wildman–Crippen MR) is 61.0 cm³/mol. The molecule has 0 radical (unpaired) electrons. The number of benzene rings is 1. The molecule has 1 aromatic carbocycles. The topological polar surface area (TPSA) is 38.5 Å². The van der Waals surface area contributed by atoms with E-state index in [1.54, 1.807) is 0 Å². The number of ether oxygens (including phenoxy) is 1. The number of hydrogen-bond donors (Lipinski definition) is 1. The molecule has 2 N–H and O–H groups in total. The molecule has 0 bridgehead atoms. The van der Waals surface area contributed by atoms with Gasteiger partial charge in [-0.05, 0) is 30.7 Å². The smallest absolute Gasteiger partial charge is 0.0895 e. The van der Waals surface area contributed by atoms with Crippen LogP contribution in [0.4, 0.5) is 11.4 Å². The number of anilines is 2. The molecule has 80 valence electrons. The lowest BCUT2D eigenvalue weighted by atomic mass is 9.94. The first kappa shape index (κ1) is 9.04. The fourth-order valence-corrected chi connectivity index (χ4v) is 2.46. The monoisotopic (exact) mass is 204 g/mol. The Balaban J connectivity index is 1.76. The summed E-state index contributed by atoms with van der Waals surface area (Å²) in [6.45, 7) is 3.08. The second-order valence-electron chi connectivity index (χ2n) is 4.54. The highest BCUT2D eigenvalue weighted by Gasteiger charge is 2.44. The summed E-state index contributed by atoms with van der Waals surface area (Å²) in [6.07, 6.45) is 2.38. The summed E-state index contributed by atoms with van der Waals surface area (Å²) >= 11 is 0. The highest BCUT2D eigenvalue weighted by molar-refractivity contribution is 5.54. The Bertz CT molecular complexity index is 356. The van der Waals surface area contributed by atoms with Gasteiger partial charge in [-0.15, -0.1) is 0 Å². The van der Waals surface area contributed by atoms with Gasteiger partial charge in [0, 0.05) is 30.9 Å². The molecule has 2 heterocycles. The van der Waals surface area contributed by atoms with Gasteiger partial charge in [-0.2, -0.15) is 0 Å². The van der Waals surface area contributed by atoms with Gasteiger partial charge in [-0.3, -0.25) is 0 Å². The van der Waals surface area contributed by atoms with Crippen molar-refractivity contribution in [2.45, 2.75) is 18.4 Å². The van der Waals surface area contributed by atoms with Crippen molar-refractivity contribution in [3.8, 4) is 0 Å². The minimum absolute atomic E-state index is 0.182. The molecular formula is C12H16N2O. The van der Waals surface area contributed by atoms with E-state index in [9.17, 15) is 0 Å². The lowest BCUT2D eigenvalue weighted by Crippen LogP contribution is -2.45. The van der Waals surface area contributed by atoms with Crippen molar-refractivity contribution in [3.63, 3.8) is 0 Å². The summed E-state index contributed by atoms with van der Waals surface area (Å²) in [5.41, 5.74) is 7.94. The molecule has 1 atom stereocenters. The minimum atomic E-state index is 0.182. The number of nitrogens with zero attached hydrogens (tertiary/aromatic N) is 1. The molecule has 1 spiro atoms. The second kappa shape index (κ2) is 3.14. The normalized spacial score (nSPS) is 29.5. The van der Waals surface area contributed by atoms with Crippen molar-refractivity contribution in [2.75, 3.05) is 30.3 Å². The van der Waals surface area contributed by atoms with Crippen LogP contribution in [0.2, 0.25) is 0 Å². The van der Waals surface area contributed by atoms with E-state index >= 15 is 0 Å². The molecule has 3 heteroatoms. The summed E-state index contributed by atoms with van der Waals surface area (Å²) in [4.78, 5) is 2.39. The summed E-state index contributed by atoms with van der Waals surface area (Å²) in [7, 11) is 0. The standard InChI is InChI=1S/C12H16N2O/c13-10-1-3-11(4-2-10)14-7-5-12(9-14)6-8-15-12/h1-4H,5-9,13H2/t12-/m0/s1. The van der Waals surface area contributed by atoms with Crippen LogP contribution in [0.3, 0.4) is 0 Å². The highest BCUT2D eigenvalue weighted by atomic mass is 16.5. The third-order valence-corrected chi connectivity index (χ3v) is 3.54. The van der Waals surface area contributed by atoms with Crippen LogP contribution in [0.15, 0.2) is 24.3 Å². The Kier molecular flexibility index (Phi) is 1.89. The summed E-state index contributed by atoms with van der Waals surface area (Å²) in [5, 5.41) is 0. The van der Waals surface area contributed by atoms with Crippen LogP contribution in [0.5, 0.6) is 0 Å². The zero-order chi connectivity index (χ0) is 10.3. The van der Waals surface area contributed by atoms with Crippen molar-refractivity contribution >= 4 is 11.4 Å². The average molecular weight is 204 g/mol. The van der Waals surface area contributed by atoms with Crippen LogP contribution in [0, 0.1) is 0 Å². The van der Waals surface area contributed by atoms with Crippen molar-refractivity contribution in [1.82, 2.24) is 0 Å². The largest absolute Gasteiger partial charge is 0.399 e. The second-order valence-corrected chi connectivity index (χ2v) is 4.54. The van der Waals surface area contributed by atoms with Crippen molar-refractivity contribution in [3.05, 3.63) is 24.3 Å². The van der Waals surface area contributed by atoms with E-state index in [0.29, 0.717) is 0 Å². The Morgan fingerprint density at radius 3 is 2.47 bits per heavy atom. The van der Waals surface area contributed by atoms with E-state index in [2.05, 4.69) is 17.0 Å². The fraction of sp³-hybridized carbons (Fsp3) is 0.500. The van der Waals surface area contributed by atoms with Gasteiger partial charge in [0.25, 0.3) is 0 Å². The van der Waals surface area contributed by atoms with Gasteiger partial charge >= 0.3 is 0 Å². The quantitative estimate of drug-likeness (QED) is 0.707. The summed E-state index contributed by atoms with van der Waals surface area (Å²) in [6, 6.07) is 8.10. The Hall–Kier alpha value is -1.22. The molecule has 2 fully saturated rings. The zero-order valence-corrected chi connectivity index (χ0v) is 8.78. The lowest BCUT2D eigenvalue weighted by Gasteiger charge is -2.38. The van der Waals surface area contributed by atoms with Gasteiger partial charge in [0.05, 0.1) is 12.2 Å². The number of nitrogens with two attached hydrogens (primary N) is 1. The molecule has 0 amide bonds. The highest BCUT2D eigenvalue weighted by Crippen LogP contribution is 2.37. The van der Waals surface area contributed by atoms with E-state index in [-0.39, 0.29) is 5.60 Å². The van der Waals surface area contributed by atoms with E-state index in [1.807, 2.05) is 12.1 Å². The first-order valence-electron chi connectivity index (χ1n) is 5.52. The Morgan fingerprint density at radius 2 is 1.93 bits per heavy atom. The molecule has 2 aliphatic rings. The molecule has 2 saturated heterocycles. The number of hydrogen-bond acceptors (Lipinski definition) is 3. The predicted octanol–water partition coefficient (Wildman–Crippen LogP) is 1.64. The zero-order valence-electron chi connectivity index (χ0n) is 8.78. The van der Waals surface area contributed by atoms with Gasteiger partial charge in [0.1, 0.15) is 0 Å². The average Bonchev–Trinajstić information content (AvgIpc) is 2.63. The van der Waals surface area contributed by atoms with Crippen molar-refractivity contribution < 1.29 is 4.74 Å². The molecular weight excluding hydrogens is 188 g/mol. The molecule has 3 rings (SSSR count). The first-order valence-corrected chi connectivity index (χ1v) is 5.52. The Labute approximate surface area is 89.8 Å². The number of rotatable bonds is 1. The summed E-state index contributed by atoms with van der Waals surface area (Å²) < 4.78 is 5.69. The summed E-state index contributed by atoms with van der Waals surface area (Å²) in [5.74, 6) is 0. The maximum absolute atomic E-state index is 5.69. The molecule has 0 unspecified atom stereocenters. The van der Waals surface area contributed by atoms with Gasteiger partial charge in [0.15, 0.2) is 0 Å². The van der Waals surface area contributed by atoms with Crippen LogP contribution in [0.25, 0.3) is 0 Å². The van der Waals surface area contributed by atoms with Gasteiger partial charge in [-0.25, -0.2) is 0 Å². The molecule has 2 aliphatic heterocycles. The van der Waals surface area contributed by atoms with Crippen LogP contribution >= 0.6 is 0 Å². The van der Waals surface area contributed by atoms with Crippen LogP contribution in [-0.4, -0.2) is 25.3 Å². The van der Waals surface area contributed by atoms with Crippen LogP contribution < -0.4 is 10.6 Å². The SMILES string of the molecule is Nc1ccc(N2CC[C@]3(CCO3)C2)cc1.